The van der Waals surface area contributed by atoms with Crippen LogP contribution in [-0.2, 0) is 11.3 Å². The predicted octanol–water partition coefficient (Wildman–Crippen LogP) is 7.23. The number of benzene rings is 3. The number of hydrogen-bond acceptors (Lipinski definition) is 9. The Balaban J connectivity index is 1.15. The van der Waals surface area contributed by atoms with Gasteiger partial charge in [-0.05, 0) is 11.1 Å². The molecule has 7 rings (SSSR count). The Morgan fingerprint density at radius 2 is 1.67 bits per heavy atom. The normalized spacial score (nSPS) is 13.9. The summed E-state index contributed by atoms with van der Waals surface area (Å²) < 4.78 is 21.2. The average Bonchev–Trinajstić information content (AvgIpc) is 3.73. The van der Waals surface area contributed by atoms with Gasteiger partial charge in [0.05, 0.1) is 0 Å². The third-order valence-corrected chi connectivity index (χ3v) is 16.2. The third kappa shape index (κ3) is 6.06. The number of ether oxygens (including phenoxy) is 3. The van der Waals surface area contributed by atoms with Gasteiger partial charge in [0, 0.05) is 11.1 Å². The topological polar surface area (TPSA) is 118 Å². The number of hydrogen-bond donors (Lipinski definition) is 1. The number of rotatable bonds is 8. The van der Waals surface area contributed by atoms with E-state index in [2.05, 4.69) is 53.6 Å². The molecule has 0 bridgehead atoms. The van der Waals surface area contributed by atoms with E-state index in [-0.39, 0.29) is 12.9 Å². The number of carbonyl (C=O) groups is 1. The summed E-state index contributed by atoms with van der Waals surface area (Å²) in [5, 5.41) is 0.761. The van der Waals surface area contributed by atoms with Crippen LogP contribution in [0.2, 0.25) is 14.8 Å². The molecule has 1 amide bonds. The molecule has 0 atom stereocenters. The van der Waals surface area contributed by atoms with Gasteiger partial charge in [-0.3, -0.25) is 0 Å². The smallest absolute Gasteiger partial charge is 0.0618 e. The molecule has 0 saturated carbocycles. The monoisotopic (exact) mass is 772 g/mol. The molecule has 12 heteroatoms. The molecule has 3 heterocycles. The fourth-order valence-electron chi connectivity index (χ4n) is 6.39. The van der Waals surface area contributed by atoms with Crippen molar-refractivity contribution in [2.45, 2.75) is 70.3 Å². The van der Waals surface area contributed by atoms with Crippen molar-refractivity contribution >= 4 is 56.8 Å². The van der Waals surface area contributed by atoms with Crippen LogP contribution in [-0.4, -0.2) is 67.8 Å². The SMILES string of the molecule is CC(C)(C)N(CCCn1c(Sc2cc3c(c[c]2[Sn]([CH3])([CH3])[CH3])OCO3)nc2c(N)ncnc21)C(=O)OC1c2ccccc2-c2ccccc21. The molecule has 2 aliphatic rings. The Morgan fingerprint density at radius 1 is 1.02 bits per heavy atom. The Labute approximate surface area is 288 Å². The van der Waals surface area contributed by atoms with Gasteiger partial charge >= 0.3 is 219 Å². The van der Waals surface area contributed by atoms with Crippen molar-refractivity contribution in [2.75, 3.05) is 19.1 Å². The molecule has 0 saturated heterocycles. The van der Waals surface area contributed by atoms with Crippen molar-refractivity contribution in [1.29, 1.82) is 0 Å². The molecule has 0 fully saturated rings. The van der Waals surface area contributed by atoms with E-state index < -0.39 is 30.0 Å². The van der Waals surface area contributed by atoms with E-state index in [0.717, 1.165) is 43.8 Å². The second-order valence-electron chi connectivity index (χ2n) is 14.1. The van der Waals surface area contributed by atoms with Crippen molar-refractivity contribution in [3.63, 3.8) is 0 Å². The van der Waals surface area contributed by atoms with Crippen molar-refractivity contribution in [3.8, 4) is 22.6 Å². The second-order valence-corrected chi connectivity index (χ2v) is 29.5. The first-order valence-corrected chi connectivity index (χ1v) is 27.0. The van der Waals surface area contributed by atoms with Crippen LogP contribution in [0.1, 0.15) is 44.4 Å². The van der Waals surface area contributed by atoms with Crippen LogP contribution >= 0.6 is 11.8 Å². The molecular weight excluding hydrogens is 731 g/mol. The number of fused-ring (bicyclic) bond motifs is 5. The van der Waals surface area contributed by atoms with Crippen LogP contribution in [0.4, 0.5) is 10.6 Å². The van der Waals surface area contributed by atoms with Crippen molar-refractivity contribution in [1.82, 2.24) is 24.4 Å². The van der Waals surface area contributed by atoms with Crippen LogP contribution in [0, 0.1) is 0 Å². The number of nitrogens with zero attached hydrogens (tertiary/aromatic N) is 5. The Bertz CT molecular complexity index is 1990. The zero-order valence-electron chi connectivity index (χ0n) is 28.1. The molecule has 2 N–H and O–H groups in total. The summed E-state index contributed by atoms with van der Waals surface area (Å²) in [5.74, 6) is 1.87. The van der Waals surface area contributed by atoms with Crippen molar-refractivity contribution in [3.05, 3.63) is 78.1 Å². The number of imidazole rings is 1. The summed E-state index contributed by atoms with van der Waals surface area (Å²) >= 11 is -1.02. The van der Waals surface area contributed by atoms with Crippen LogP contribution in [0.5, 0.6) is 11.5 Å². The molecule has 5 aromatic rings. The first-order chi connectivity index (χ1) is 22.9. The molecule has 48 heavy (non-hydrogen) atoms. The fraction of sp³-hybridized carbons (Fsp3) is 0.333. The van der Waals surface area contributed by atoms with Gasteiger partial charge in [-0.1, -0.05) is 48.5 Å². The van der Waals surface area contributed by atoms with E-state index in [9.17, 15) is 4.79 Å². The van der Waals surface area contributed by atoms with Gasteiger partial charge < -0.3 is 0 Å². The van der Waals surface area contributed by atoms with Gasteiger partial charge in [-0.15, -0.1) is 0 Å². The summed E-state index contributed by atoms with van der Waals surface area (Å²) in [6.45, 7) is 7.35. The number of aromatic nitrogens is 4. The molecule has 2 aromatic heterocycles. The van der Waals surface area contributed by atoms with Crippen molar-refractivity contribution in [2.24, 2.45) is 0 Å². The molecule has 1 aliphatic carbocycles. The molecule has 0 unspecified atom stereocenters. The summed E-state index contributed by atoms with van der Waals surface area (Å²) in [5.41, 5.74) is 11.3. The van der Waals surface area contributed by atoms with E-state index in [1.807, 2.05) is 62.1 Å². The standard InChI is InChI=1S/C33H31N6O4S.3CH3.Sn/c1-33(2,3)39(32(40)43-28-23-11-6-4-9-21(23)22-10-5-7-12-24(22)28)16-8-15-38-30-27(29(34)35-18-36-30)37-31(38)44-20-13-14-25-26(17-20)42-19-41-25;;;;/h4-7,9-12,14,17-18,28H,8,15-16,19H2,1-3H3,(H2,34,35,36);3*1H3;. The summed E-state index contributed by atoms with van der Waals surface area (Å²) in [6.07, 6.45) is 1.30. The number of nitrogen functional groups attached to an aromatic ring is 1. The van der Waals surface area contributed by atoms with Crippen LogP contribution in [0.15, 0.2) is 77.0 Å². The van der Waals surface area contributed by atoms with E-state index in [0.29, 0.717) is 36.5 Å². The van der Waals surface area contributed by atoms with E-state index >= 15 is 0 Å². The minimum atomic E-state index is -2.61. The maximum atomic E-state index is 14.0. The van der Waals surface area contributed by atoms with Gasteiger partial charge in [0.2, 0.25) is 0 Å². The predicted molar refractivity (Wildman–Crippen MR) is 191 cm³/mol. The van der Waals surface area contributed by atoms with E-state index in [4.69, 9.17) is 24.9 Å². The van der Waals surface area contributed by atoms with E-state index in [1.165, 1.54) is 9.91 Å². The molecule has 0 radical (unpaired) electrons. The average molecular weight is 772 g/mol. The molecule has 3 aromatic carbocycles. The molecule has 10 nitrogen and oxygen atoms in total. The minimum Gasteiger partial charge on any atom is -0.0618 e. The number of carbonyl (C=O) groups excluding carboxylic acids is 1. The first kappa shape index (κ1) is 32.6. The fourth-order valence-corrected chi connectivity index (χ4v) is 13.8. The molecule has 0 spiro atoms. The molecule has 1 aliphatic heterocycles. The number of aryl methyl sites for hydroxylation is 1. The number of anilines is 1. The van der Waals surface area contributed by atoms with E-state index in [1.54, 1.807) is 11.8 Å². The number of amides is 1. The zero-order valence-corrected chi connectivity index (χ0v) is 31.8. The molecule has 248 valence electrons. The van der Waals surface area contributed by atoms with Gasteiger partial charge in [-0.2, -0.15) is 0 Å². The maximum absolute atomic E-state index is 14.0. The van der Waals surface area contributed by atoms with Crippen LogP contribution in [0.25, 0.3) is 22.3 Å². The van der Waals surface area contributed by atoms with Gasteiger partial charge in [0.25, 0.3) is 0 Å². The quantitative estimate of drug-likeness (QED) is 0.163. The minimum absolute atomic E-state index is 0.222. The Hall–Kier alpha value is -3.97. The Morgan fingerprint density at radius 3 is 2.31 bits per heavy atom. The summed E-state index contributed by atoms with van der Waals surface area (Å²) in [6, 6.07) is 20.5. The van der Waals surface area contributed by atoms with Gasteiger partial charge in [0.1, 0.15) is 0 Å². The third-order valence-electron chi connectivity index (χ3n) is 8.80. The Kier molecular flexibility index (Phi) is 8.47. The zero-order chi connectivity index (χ0) is 33.8. The van der Waals surface area contributed by atoms with Gasteiger partial charge in [0.15, 0.2) is 0 Å². The first-order valence-electron chi connectivity index (χ1n) is 16.2. The summed E-state index contributed by atoms with van der Waals surface area (Å²) in [4.78, 5) is 37.8. The summed E-state index contributed by atoms with van der Waals surface area (Å²) in [7, 11) is 0. The number of nitrogens with two attached hydrogens (primary N) is 1. The molecular formula is C36H40N6O4SSn. The van der Waals surface area contributed by atoms with Crippen LogP contribution < -0.4 is 18.8 Å². The van der Waals surface area contributed by atoms with Gasteiger partial charge in [-0.25, -0.2) is 0 Å². The second kappa shape index (κ2) is 12.5. The van der Waals surface area contributed by atoms with Crippen molar-refractivity contribution < 1.29 is 19.0 Å². The van der Waals surface area contributed by atoms with Crippen LogP contribution in [0.3, 0.4) is 0 Å².